The number of amides is 1. The van der Waals surface area contributed by atoms with Crippen molar-refractivity contribution in [1.82, 2.24) is 10.2 Å². The summed E-state index contributed by atoms with van der Waals surface area (Å²) in [6.45, 7) is 9.67. The van der Waals surface area contributed by atoms with Crippen molar-refractivity contribution < 1.29 is 4.79 Å². The second-order valence-corrected chi connectivity index (χ2v) is 6.78. The van der Waals surface area contributed by atoms with E-state index >= 15 is 0 Å². The van der Waals surface area contributed by atoms with Gasteiger partial charge in [0.1, 0.15) is 0 Å². The summed E-state index contributed by atoms with van der Waals surface area (Å²) < 4.78 is 0. The maximum atomic E-state index is 12.8. The van der Waals surface area contributed by atoms with Gasteiger partial charge in [-0.15, -0.1) is 12.4 Å². The number of halogens is 1. The molecule has 2 fully saturated rings. The summed E-state index contributed by atoms with van der Waals surface area (Å²) in [4.78, 5) is 14.9. The van der Waals surface area contributed by atoms with Crippen LogP contribution in [0.1, 0.15) is 59.3 Å². The Morgan fingerprint density at radius 2 is 1.89 bits per heavy atom. The molecule has 2 aliphatic heterocycles. The van der Waals surface area contributed by atoms with Gasteiger partial charge in [-0.1, -0.05) is 20.8 Å². The molecule has 112 valence electrons. The van der Waals surface area contributed by atoms with Gasteiger partial charge >= 0.3 is 0 Å². The van der Waals surface area contributed by atoms with Gasteiger partial charge < -0.3 is 10.2 Å². The highest BCUT2D eigenvalue weighted by Gasteiger charge is 2.42. The molecule has 1 unspecified atom stereocenters. The van der Waals surface area contributed by atoms with Gasteiger partial charge in [0.05, 0.1) is 5.54 Å². The van der Waals surface area contributed by atoms with E-state index in [1.54, 1.807) is 0 Å². The fourth-order valence-corrected chi connectivity index (χ4v) is 3.37. The third-order valence-electron chi connectivity index (χ3n) is 4.88. The van der Waals surface area contributed by atoms with Crippen LogP contribution in [0.4, 0.5) is 0 Å². The zero-order valence-corrected chi connectivity index (χ0v) is 13.4. The minimum atomic E-state index is -0.242. The van der Waals surface area contributed by atoms with Crippen molar-refractivity contribution in [2.45, 2.75) is 64.8 Å². The Hall–Kier alpha value is -0.280. The molecule has 0 aromatic heterocycles. The van der Waals surface area contributed by atoms with E-state index in [0.29, 0.717) is 11.3 Å². The molecule has 2 saturated heterocycles. The van der Waals surface area contributed by atoms with E-state index in [-0.39, 0.29) is 17.9 Å². The van der Waals surface area contributed by atoms with Crippen molar-refractivity contribution >= 4 is 18.3 Å². The van der Waals surface area contributed by atoms with Crippen LogP contribution in [0.5, 0.6) is 0 Å². The molecule has 1 N–H and O–H groups in total. The SMILES string of the molecule is CCC1(C(=O)N2CCCC(C)(C)CC2)CCCN1.Cl. The quantitative estimate of drug-likeness (QED) is 0.847. The molecule has 1 amide bonds. The molecule has 0 aromatic carbocycles. The van der Waals surface area contributed by atoms with Gasteiger partial charge in [0.2, 0.25) is 5.91 Å². The van der Waals surface area contributed by atoms with Gasteiger partial charge in [-0.2, -0.15) is 0 Å². The number of hydrogen-bond donors (Lipinski definition) is 1. The smallest absolute Gasteiger partial charge is 0.242 e. The van der Waals surface area contributed by atoms with Crippen molar-refractivity contribution in [3.63, 3.8) is 0 Å². The summed E-state index contributed by atoms with van der Waals surface area (Å²) in [5.41, 5.74) is 0.159. The third-order valence-corrected chi connectivity index (χ3v) is 4.88. The van der Waals surface area contributed by atoms with E-state index in [1.807, 2.05) is 0 Å². The summed E-state index contributed by atoms with van der Waals surface area (Å²) in [5.74, 6) is 0.361. The van der Waals surface area contributed by atoms with Crippen LogP contribution in [0.25, 0.3) is 0 Å². The summed E-state index contributed by atoms with van der Waals surface area (Å²) >= 11 is 0. The minimum Gasteiger partial charge on any atom is -0.341 e. The van der Waals surface area contributed by atoms with Crippen molar-refractivity contribution in [2.75, 3.05) is 19.6 Å². The number of nitrogens with zero attached hydrogens (tertiary/aromatic N) is 1. The number of nitrogens with one attached hydrogen (secondary N) is 1. The van der Waals surface area contributed by atoms with Gasteiger partial charge in [0.25, 0.3) is 0 Å². The first-order chi connectivity index (χ1) is 8.49. The zero-order chi connectivity index (χ0) is 13.2. The number of carbonyl (C=O) groups excluding carboxylic acids is 1. The lowest BCUT2D eigenvalue weighted by Gasteiger charge is -2.33. The Kier molecular flexibility index (Phi) is 5.69. The number of rotatable bonds is 2. The molecule has 0 aromatic rings. The Morgan fingerprint density at radius 1 is 1.16 bits per heavy atom. The Balaban J connectivity index is 0.00000180. The van der Waals surface area contributed by atoms with Crippen molar-refractivity contribution in [3.05, 3.63) is 0 Å². The van der Waals surface area contributed by atoms with Crippen molar-refractivity contribution in [1.29, 1.82) is 0 Å². The van der Waals surface area contributed by atoms with Crippen LogP contribution in [-0.4, -0.2) is 36.0 Å². The highest BCUT2D eigenvalue weighted by Crippen LogP contribution is 2.32. The Labute approximate surface area is 123 Å². The molecule has 0 saturated carbocycles. The lowest BCUT2D eigenvalue weighted by atomic mass is 9.85. The van der Waals surface area contributed by atoms with Crippen LogP contribution in [0.3, 0.4) is 0 Å². The Bertz CT molecular complexity index is 311. The first-order valence-electron chi connectivity index (χ1n) is 7.54. The molecule has 0 bridgehead atoms. The molecule has 2 rings (SSSR count). The highest BCUT2D eigenvalue weighted by atomic mass is 35.5. The predicted molar refractivity (Wildman–Crippen MR) is 81.7 cm³/mol. The lowest BCUT2D eigenvalue weighted by Crippen LogP contribution is -2.54. The molecule has 4 heteroatoms. The summed E-state index contributed by atoms with van der Waals surface area (Å²) in [7, 11) is 0. The number of carbonyl (C=O) groups is 1. The monoisotopic (exact) mass is 288 g/mol. The predicted octanol–water partition coefficient (Wildman–Crippen LogP) is 2.98. The van der Waals surface area contributed by atoms with Crippen LogP contribution in [0.15, 0.2) is 0 Å². The van der Waals surface area contributed by atoms with E-state index in [0.717, 1.165) is 51.7 Å². The largest absolute Gasteiger partial charge is 0.341 e. The van der Waals surface area contributed by atoms with Crippen LogP contribution in [-0.2, 0) is 4.79 Å². The lowest BCUT2D eigenvalue weighted by molar-refractivity contribution is -0.138. The first kappa shape index (κ1) is 16.8. The fourth-order valence-electron chi connectivity index (χ4n) is 3.37. The van der Waals surface area contributed by atoms with Gasteiger partial charge in [0, 0.05) is 13.1 Å². The summed E-state index contributed by atoms with van der Waals surface area (Å²) in [5, 5.41) is 3.47. The normalized spacial score (nSPS) is 30.6. The molecule has 2 heterocycles. The van der Waals surface area contributed by atoms with Gasteiger partial charge in [-0.05, 0) is 50.5 Å². The molecule has 3 nitrogen and oxygen atoms in total. The maximum Gasteiger partial charge on any atom is 0.242 e. The summed E-state index contributed by atoms with van der Waals surface area (Å²) in [6.07, 6.45) is 6.60. The number of likely N-dealkylation sites (tertiary alicyclic amines) is 1. The van der Waals surface area contributed by atoms with E-state index in [2.05, 4.69) is 31.0 Å². The molecule has 0 radical (unpaired) electrons. The maximum absolute atomic E-state index is 12.8. The zero-order valence-electron chi connectivity index (χ0n) is 12.6. The second kappa shape index (κ2) is 6.45. The molecule has 19 heavy (non-hydrogen) atoms. The van der Waals surface area contributed by atoms with E-state index in [9.17, 15) is 4.79 Å². The third kappa shape index (κ3) is 3.63. The Morgan fingerprint density at radius 3 is 2.47 bits per heavy atom. The van der Waals surface area contributed by atoms with E-state index in [4.69, 9.17) is 0 Å². The van der Waals surface area contributed by atoms with Crippen LogP contribution >= 0.6 is 12.4 Å². The van der Waals surface area contributed by atoms with Crippen LogP contribution in [0.2, 0.25) is 0 Å². The van der Waals surface area contributed by atoms with Gasteiger partial charge in [-0.25, -0.2) is 0 Å². The fraction of sp³-hybridized carbons (Fsp3) is 0.933. The molecular weight excluding hydrogens is 260 g/mol. The molecule has 0 spiro atoms. The van der Waals surface area contributed by atoms with E-state index < -0.39 is 0 Å². The van der Waals surface area contributed by atoms with Crippen molar-refractivity contribution in [2.24, 2.45) is 5.41 Å². The molecule has 1 atom stereocenters. The van der Waals surface area contributed by atoms with Crippen LogP contribution < -0.4 is 5.32 Å². The first-order valence-corrected chi connectivity index (χ1v) is 7.54. The minimum absolute atomic E-state index is 0. The highest BCUT2D eigenvalue weighted by molar-refractivity contribution is 5.86. The topological polar surface area (TPSA) is 32.3 Å². The summed E-state index contributed by atoms with van der Waals surface area (Å²) in [6, 6.07) is 0. The molecule has 2 aliphatic rings. The van der Waals surface area contributed by atoms with E-state index in [1.165, 1.54) is 6.42 Å². The molecular formula is C15H29ClN2O. The van der Waals surface area contributed by atoms with Gasteiger partial charge in [0.15, 0.2) is 0 Å². The second-order valence-electron chi connectivity index (χ2n) is 6.78. The average molecular weight is 289 g/mol. The number of hydrogen-bond acceptors (Lipinski definition) is 2. The van der Waals surface area contributed by atoms with Crippen molar-refractivity contribution in [3.8, 4) is 0 Å². The van der Waals surface area contributed by atoms with Crippen LogP contribution in [0, 0.1) is 5.41 Å². The molecule has 0 aliphatic carbocycles. The standard InChI is InChI=1S/C15H28N2O.ClH/c1-4-15(8-5-10-16-15)13(18)17-11-6-7-14(2,3)9-12-17;/h16H,4-12H2,1-3H3;1H. The van der Waals surface area contributed by atoms with Gasteiger partial charge in [-0.3, -0.25) is 4.79 Å². The average Bonchev–Trinajstić information content (AvgIpc) is 2.75.